The number of hydrogen-bond acceptors (Lipinski definition) is 7. The van der Waals surface area contributed by atoms with Gasteiger partial charge in [-0.2, -0.15) is 4.99 Å². The molecule has 0 saturated carbocycles. The Morgan fingerprint density at radius 1 is 1.33 bits per heavy atom. The molecule has 2 heterocycles. The van der Waals surface area contributed by atoms with Crippen LogP contribution in [0, 0.1) is 6.92 Å². The fourth-order valence-electron chi connectivity index (χ4n) is 1.94. The molecule has 124 valence electrons. The van der Waals surface area contributed by atoms with Crippen LogP contribution >= 0.6 is 34.4 Å². The number of carbonyl (C=O) groups excluding carboxylic acids is 1. The van der Waals surface area contributed by atoms with Crippen LogP contribution in [0.25, 0.3) is 0 Å². The maximum atomic E-state index is 12.1. The summed E-state index contributed by atoms with van der Waals surface area (Å²) >= 11 is 4.01. The Hall–Kier alpha value is -1.97. The molecule has 6 nitrogen and oxygen atoms in total. The zero-order valence-corrected chi connectivity index (χ0v) is 15.3. The molecular formula is C15H15N5OS3. The third-order valence-electron chi connectivity index (χ3n) is 3.10. The lowest BCUT2D eigenvalue weighted by Crippen LogP contribution is -2.17. The van der Waals surface area contributed by atoms with E-state index in [4.69, 9.17) is 5.73 Å². The highest BCUT2D eigenvalue weighted by Gasteiger charge is 2.07. The number of hydrogen-bond donors (Lipinski definition) is 1. The van der Waals surface area contributed by atoms with Gasteiger partial charge in [0.25, 0.3) is 5.91 Å². The number of anilines is 1. The second-order valence-electron chi connectivity index (χ2n) is 5.00. The number of benzene rings is 1. The van der Waals surface area contributed by atoms with Gasteiger partial charge in [-0.1, -0.05) is 52.9 Å². The van der Waals surface area contributed by atoms with Crippen LogP contribution in [-0.4, -0.2) is 26.4 Å². The fraction of sp³-hybridized carbons (Fsp3) is 0.200. The number of nitrogens with two attached hydrogens (primary N) is 1. The number of thiazole rings is 1. The molecule has 0 unspecified atom stereocenters. The standard InChI is InChI=1S/C15H15N5OS3/c1-10-2-4-11(5-3-10)8-20-6-7-22-14(20)17-12(21)9-23-15-19-18-13(16)24-15/h2-7H,8-9H2,1H3,(H2,16,18). The van der Waals surface area contributed by atoms with Crippen molar-refractivity contribution in [3.8, 4) is 0 Å². The van der Waals surface area contributed by atoms with Gasteiger partial charge >= 0.3 is 0 Å². The van der Waals surface area contributed by atoms with Crippen LogP contribution in [0.1, 0.15) is 11.1 Å². The van der Waals surface area contributed by atoms with Gasteiger partial charge in [-0.15, -0.1) is 21.5 Å². The van der Waals surface area contributed by atoms with Crippen LogP contribution in [-0.2, 0) is 11.3 Å². The van der Waals surface area contributed by atoms with Gasteiger partial charge in [0.05, 0.1) is 5.75 Å². The summed E-state index contributed by atoms with van der Waals surface area (Å²) < 4.78 is 2.65. The highest BCUT2D eigenvalue weighted by atomic mass is 32.2. The lowest BCUT2D eigenvalue weighted by atomic mass is 10.1. The summed E-state index contributed by atoms with van der Waals surface area (Å²) in [5.41, 5.74) is 7.92. The predicted octanol–water partition coefficient (Wildman–Crippen LogP) is 2.56. The minimum Gasteiger partial charge on any atom is -0.374 e. The molecule has 9 heteroatoms. The summed E-state index contributed by atoms with van der Waals surface area (Å²) in [5, 5.41) is 9.92. The molecule has 24 heavy (non-hydrogen) atoms. The maximum Gasteiger partial charge on any atom is 0.258 e. The van der Waals surface area contributed by atoms with E-state index < -0.39 is 0 Å². The van der Waals surface area contributed by atoms with Gasteiger partial charge in [0.15, 0.2) is 9.14 Å². The average molecular weight is 378 g/mol. The number of carbonyl (C=O) groups is 1. The third-order valence-corrected chi connectivity index (χ3v) is 5.76. The first-order valence-corrected chi connectivity index (χ1v) is 9.77. The number of nitrogen functional groups attached to an aromatic ring is 1. The molecule has 0 aliphatic carbocycles. The number of thioether (sulfide) groups is 1. The first-order chi connectivity index (χ1) is 11.6. The van der Waals surface area contributed by atoms with E-state index in [9.17, 15) is 4.79 Å². The van der Waals surface area contributed by atoms with E-state index in [-0.39, 0.29) is 11.7 Å². The highest BCUT2D eigenvalue weighted by Crippen LogP contribution is 2.23. The summed E-state index contributed by atoms with van der Waals surface area (Å²) in [6.45, 7) is 2.75. The second-order valence-corrected chi connectivity index (χ2v) is 8.10. The van der Waals surface area contributed by atoms with E-state index in [2.05, 4.69) is 46.4 Å². The van der Waals surface area contributed by atoms with Gasteiger partial charge in [0, 0.05) is 18.1 Å². The summed E-state index contributed by atoms with van der Waals surface area (Å²) in [5.74, 6) is 0.0192. The first kappa shape index (κ1) is 16.9. The Kier molecular flexibility index (Phi) is 5.44. The van der Waals surface area contributed by atoms with Crippen molar-refractivity contribution in [3.63, 3.8) is 0 Å². The number of aromatic nitrogens is 3. The fourth-order valence-corrected chi connectivity index (χ4v) is 4.10. The molecule has 0 atom stereocenters. The normalized spacial score (nSPS) is 11.8. The van der Waals surface area contributed by atoms with E-state index in [0.29, 0.717) is 20.8 Å². The molecule has 1 amide bonds. The summed E-state index contributed by atoms with van der Waals surface area (Å²) in [6.07, 6.45) is 1.94. The first-order valence-electron chi connectivity index (χ1n) is 7.09. The van der Waals surface area contributed by atoms with Gasteiger partial charge in [-0.05, 0) is 12.5 Å². The van der Waals surface area contributed by atoms with E-state index in [1.807, 2.05) is 16.1 Å². The van der Waals surface area contributed by atoms with Crippen LogP contribution in [0.4, 0.5) is 5.13 Å². The molecular weight excluding hydrogens is 362 g/mol. The Labute approximate surface area is 151 Å². The lowest BCUT2D eigenvalue weighted by Gasteiger charge is -2.03. The highest BCUT2D eigenvalue weighted by molar-refractivity contribution is 8.01. The predicted molar refractivity (Wildman–Crippen MR) is 98.2 cm³/mol. The molecule has 0 aliphatic heterocycles. The minimum absolute atomic E-state index is 0.200. The van der Waals surface area contributed by atoms with Crippen molar-refractivity contribution >= 4 is 45.5 Å². The van der Waals surface area contributed by atoms with Crippen LogP contribution in [0.5, 0.6) is 0 Å². The van der Waals surface area contributed by atoms with Crippen molar-refractivity contribution in [3.05, 3.63) is 51.8 Å². The second kappa shape index (κ2) is 7.73. The summed E-state index contributed by atoms with van der Waals surface area (Å²) in [4.78, 5) is 17.0. The zero-order chi connectivity index (χ0) is 16.9. The van der Waals surface area contributed by atoms with Gasteiger partial charge < -0.3 is 10.3 Å². The van der Waals surface area contributed by atoms with Crippen molar-refractivity contribution in [1.82, 2.24) is 14.8 Å². The molecule has 0 radical (unpaired) electrons. The molecule has 2 aromatic heterocycles. The number of amides is 1. The van der Waals surface area contributed by atoms with Crippen molar-refractivity contribution in [2.45, 2.75) is 17.8 Å². The third kappa shape index (κ3) is 4.53. The topological polar surface area (TPSA) is 86.2 Å². The van der Waals surface area contributed by atoms with E-state index >= 15 is 0 Å². The van der Waals surface area contributed by atoms with Crippen LogP contribution < -0.4 is 10.5 Å². The maximum absolute atomic E-state index is 12.1. The summed E-state index contributed by atoms with van der Waals surface area (Å²) in [7, 11) is 0. The molecule has 2 N–H and O–H groups in total. The number of rotatable bonds is 5. The van der Waals surface area contributed by atoms with Crippen molar-refractivity contribution in [2.24, 2.45) is 4.99 Å². The average Bonchev–Trinajstić information content (AvgIpc) is 3.17. The van der Waals surface area contributed by atoms with Crippen LogP contribution in [0.15, 0.2) is 45.2 Å². The van der Waals surface area contributed by atoms with Gasteiger partial charge in [0.2, 0.25) is 5.13 Å². The Morgan fingerprint density at radius 3 is 2.83 bits per heavy atom. The van der Waals surface area contributed by atoms with Crippen molar-refractivity contribution < 1.29 is 4.79 Å². The van der Waals surface area contributed by atoms with Gasteiger partial charge in [0.1, 0.15) is 0 Å². The molecule has 0 saturated heterocycles. The molecule has 0 bridgehead atoms. The monoisotopic (exact) mass is 377 g/mol. The quantitative estimate of drug-likeness (QED) is 0.691. The largest absolute Gasteiger partial charge is 0.374 e. The molecule has 0 spiro atoms. The Bertz CT molecular complexity index is 894. The van der Waals surface area contributed by atoms with Crippen LogP contribution in [0.3, 0.4) is 0 Å². The van der Waals surface area contributed by atoms with Crippen molar-refractivity contribution in [2.75, 3.05) is 11.5 Å². The molecule has 3 aromatic rings. The van der Waals surface area contributed by atoms with E-state index in [0.717, 1.165) is 0 Å². The molecule has 0 aliphatic rings. The van der Waals surface area contributed by atoms with E-state index in [1.165, 1.54) is 45.6 Å². The zero-order valence-electron chi connectivity index (χ0n) is 12.9. The van der Waals surface area contributed by atoms with Crippen LogP contribution in [0.2, 0.25) is 0 Å². The SMILES string of the molecule is Cc1ccc(Cn2ccsc2=NC(=O)CSc2nnc(N)s2)cc1. The lowest BCUT2D eigenvalue weighted by molar-refractivity contribution is -0.115. The molecule has 0 fully saturated rings. The molecule has 1 aromatic carbocycles. The molecule has 3 rings (SSSR count). The van der Waals surface area contributed by atoms with Gasteiger partial charge in [-0.3, -0.25) is 4.79 Å². The Morgan fingerprint density at radius 2 is 2.12 bits per heavy atom. The van der Waals surface area contributed by atoms with Crippen molar-refractivity contribution in [1.29, 1.82) is 0 Å². The minimum atomic E-state index is -0.200. The van der Waals surface area contributed by atoms with Gasteiger partial charge in [-0.25, -0.2) is 0 Å². The number of aryl methyl sites for hydroxylation is 1. The Balaban J connectivity index is 1.67. The smallest absolute Gasteiger partial charge is 0.258 e. The number of nitrogens with zero attached hydrogens (tertiary/aromatic N) is 4. The van der Waals surface area contributed by atoms with E-state index in [1.54, 1.807) is 0 Å². The summed E-state index contributed by atoms with van der Waals surface area (Å²) in [6, 6.07) is 8.33.